The number of hydrogen-bond acceptors (Lipinski definition) is 4. The summed E-state index contributed by atoms with van der Waals surface area (Å²) in [6.45, 7) is 1.37. The summed E-state index contributed by atoms with van der Waals surface area (Å²) < 4.78 is 0. The highest BCUT2D eigenvalue weighted by molar-refractivity contribution is 6.10. The second-order valence-corrected chi connectivity index (χ2v) is 4.28. The number of ketones is 1. The molecule has 3 N–H and O–H groups in total. The van der Waals surface area contributed by atoms with Crippen molar-refractivity contribution in [1.82, 2.24) is 0 Å². The summed E-state index contributed by atoms with van der Waals surface area (Å²) in [4.78, 5) is 22.6. The molecule has 98 valence electrons. The van der Waals surface area contributed by atoms with E-state index in [0.29, 0.717) is 0 Å². The molecule has 1 aliphatic rings. The molecule has 5 heteroatoms. The normalized spacial score (nSPS) is 18.8. The van der Waals surface area contributed by atoms with Crippen molar-refractivity contribution in [2.75, 3.05) is 0 Å². The van der Waals surface area contributed by atoms with Gasteiger partial charge in [-0.2, -0.15) is 0 Å². The van der Waals surface area contributed by atoms with Crippen molar-refractivity contribution in [3.63, 3.8) is 0 Å². The van der Waals surface area contributed by atoms with E-state index in [0.717, 1.165) is 6.08 Å². The topological polar surface area (TPSA) is 94.8 Å². The van der Waals surface area contributed by atoms with E-state index in [1.54, 1.807) is 0 Å². The van der Waals surface area contributed by atoms with Crippen LogP contribution in [0.25, 0.3) is 0 Å². The van der Waals surface area contributed by atoms with Gasteiger partial charge in [-0.15, -0.1) is 0 Å². The molecular weight excluding hydrogens is 248 g/mol. The number of phenolic OH excluding ortho intramolecular Hbond substituents is 1. The molecule has 0 aliphatic heterocycles. The average molecular weight is 260 g/mol. The van der Waals surface area contributed by atoms with Crippen molar-refractivity contribution in [2.45, 2.75) is 13.0 Å². The molecule has 1 atom stereocenters. The summed E-state index contributed by atoms with van der Waals surface area (Å²) in [7, 11) is 0. The quantitative estimate of drug-likeness (QED) is 0.702. The predicted molar refractivity (Wildman–Crippen MR) is 66.9 cm³/mol. The lowest BCUT2D eigenvalue weighted by Crippen LogP contribution is -2.15. The average Bonchev–Trinajstić information content (AvgIpc) is 2.35. The Morgan fingerprint density at radius 1 is 1.37 bits per heavy atom. The van der Waals surface area contributed by atoms with E-state index in [1.807, 2.05) is 0 Å². The van der Waals surface area contributed by atoms with Crippen LogP contribution in [0.15, 0.2) is 41.5 Å². The van der Waals surface area contributed by atoms with Gasteiger partial charge in [-0.25, -0.2) is 4.79 Å². The fraction of sp³-hybridized carbons (Fsp3) is 0.143. The zero-order chi connectivity index (χ0) is 14.2. The molecule has 0 unspecified atom stereocenters. The van der Waals surface area contributed by atoms with E-state index < -0.39 is 17.9 Å². The fourth-order valence-electron chi connectivity index (χ4n) is 1.97. The highest BCUT2D eigenvalue weighted by Crippen LogP contribution is 2.35. The van der Waals surface area contributed by atoms with Gasteiger partial charge in [0.1, 0.15) is 11.9 Å². The second-order valence-electron chi connectivity index (χ2n) is 4.28. The van der Waals surface area contributed by atoms with E-state index in [2.05, 4.69) is 0 Å². The molecule has 0 saturated carbocycles. The van der Waals surface area contributed by atoms with Crippen LogP contribution >= 0.6 is 0 Å². The number of aromatic hydroxyl groups is 1. The van der Waals surface area contributed by atoms with Gasteiger partial charge in [0.15, 0.2) is 5.78 Å². The van der Waals surface area contributed by atoms with Crippen LogP contribution in [-0.2, 0) is 4.79 Å². The molecule has 1 aromatic rings. The van der Waals surface area contributed by atoms with Gasteiger partial charge in [0.25, 0.3) is 0 Å². The van der Waals surface area contributed by atoms with Crippen LogP contribution < -0.4 is 0 Å². The van der Waals surface area contributed by atoms with Crippen molar-refractivity contribution in [1.29, 1.82) is 0 Å². The Balaban J connectivity index is 2.52. The number of carbonyl (C=O) groups excluding carboxylic acids is 1. The summed E-state index contributed by atoms with van der Waals surface area (Å²) in [5, 5.41) is 28.6. The monoisotopic (exact) mass is 260 g/mol. The number of fused-ring (bicyclic) bond motifs is 1. The summed E-state index contributed by atoms with van der Waals surface area (Å²) >= 11 is 0. The lowest BCUT2D eigenvalue weighted by Gasteiger charge is -2.21. The third kappa shape index (κ3) is 2.28. The third-order valence-corrected chi connectivity index (χ3v) is 2.95. The number of rotatable bonds is 2. The first-order valence-corrected chi connectivity index (χ1v) is 5.59. The molecule has 19 heavy (non-hydrogen) atoms. The standard InChI is InChI=1S/C14H12O5/c1-7(14(18)19)5-8-6-11(16)12-9(13(8)17)3-2-4-10(12)15/h2-6,13,15,17H,1H3,(H,18,19)/b7-5-/t13-/m1/s1. The van der Waals surface area contributed by atoms with Gasteiger partial charge >= 0.3 is 5.97 Å². The number of carboxylic acid groups (broad SMARTS) is 1. The van der Waals surface area contributed by atoms with Gasteiger partial charge in [-0.1, -0.05) is 12.1 Å². The Kier molecular flexibility index (Phi) is 3.23. The van der Waals surface area contributed by atoms with Gasteiger partial charge < -0.3 is 15.3 Å². The summed E-state index contributed by atoms with van der Waals surface area (Å²) in [6, 6.07) is 4.40. The van der Waals surface area contributed by atoms with E-state index in [1.165, 1.54) is 31.2 Å². The number of aliphatic carboxylic acids is 1. The van der Waals surface area contributed by atoms with E-state index in [4.69, 9.17) is 5.11 Å². The number of allylic oxidation sites excluding steroid dienone is 1. The molecule has 0 bridgehead atoms. The minimum absolute atomic E-state index is 0.0155. The van der Waals surface area contributed by atoms with Gasteiger partial charge in [0.05, 0.1) is 5.56 Å². The minimum atomic E-state index is -1.13. The molecule has 0 radical (unpaired) electrons. The van der Waals surface area contributed by atoms with E-state index >= 15 is 0 Å². The van der Waals surface area contributed by atoms with Crippen molar-refractivity contribution in [2.24, 2.45) is 0 Å². The first kappa shape index (κ1) is 13.0. The SMILES string of the molecule is C/C(=C/C1=CC(=O)c2c(O)cccc2[C@@H]1O)C(=O)O. The molecular formula is C14H12O5. The minimum Gasteiger partial charge on any atom is -0.507 e. The molecule has 0 fully saturated rings. The van der Waals surface area contributed by atoms with Gasteiger partial charge in [0, 0.05) is 5.57 Å². The second kappa shape index (κ2) is 4.70. The van der Waals surface area contributed by atoms with Crippen LogP contribution in [0.5, 0.6) is 5.75 Å². The number of phenols is 1. The van der Waals surface area contributed by atoms with Gasteiger partial charge in [-0.05, 0) is 36.3 Å². The summed E-state index contributed by atoms with van der Waals surface area (Å²) in [5.41, 5.74) is 0.543. The molecule has 0 aromatic heterocycles. The predicted octanol–water partition coefficient (Wildman–Crippen LogP) is 1.58. The number of carboxylic acids is 1. The molecule has 1 aliphatic carbocycles. The Bertz CT molecular complexity index is 625. The largest absolute Gasteiger partial charge is 0.507 e. The zero-order valence-corrected chi connectivity index (χ0v) is 10.1. The number of carbonyl (C=O) groups is 2. The van der Waals surface area contributed by atoms with Crippen LogP contribution in [0.3, 0.4) is 0 Å². The maximum absolute atomic E-state index is 11.9. The maximum Gasteiger partial charge on any atom is 0.331 e. The van der Waals surface area contributed by atoms with Crippen LogP contribution in [0.4, 0.5) is 0 Å². The molecule has 0 heterocycles. The molecule has 1 aromatic carbocycles. The smallest absolute Gasteiger partial charge is 0.331 e. The Labute approximate surface area is 109 Å². The number of benzene rings is 1. The van der Waals surface area contributed by atoms with Crippen LogP contribution in [-0.4, -0.2) is 27.1 Å². The van der Waals surface area contributed by atoms with Crippen LogP contribution in [0.2, 0.25) is 0 Å². The Morgan fingerprint density at radius 2 is 2.05 bits per heavy atom. The lowest BCUT2D eigenvalue weighted by molar-refractivity contribution is -0.132. The van der Waals surface area contributed by atoms with Crippen molar-refractivity contribution >= 4 is 11.8 Å². The first-order valence-electron chi connectivity index (χ1n) is 5.59. The van der Waals surface area contributed by atoms with Gasteiger partial charge in [-0.3, -0.25) is 4.79 Å². The molecule has 0 amide bonds. The zero-order valence-electron chi connectivity index (χ0n) is 10.1. The first-order chi connectivity index (χ1) is 8.91. The molecule has 2 rings (SSSR count). The number of aliphatic hydroxyl groups is 1. The summed E-state index contributed by atoms with van der Waals surface area (Å²) in [5.74, 6) is -1.78. The van der Waals surface area contributed by atoms with E-state index in [9.17, 15) is 19.8 Å². The lowest BCUT2D eigenvalue weighted by atomic mass is 9.87. The highest BCUT2D eigenvalue weighted by Gasteiger charge is 2.27. The summed E-state index contributed by atoms with van der Waals surface area (Å²) in [6.07, 6.45) is 1.26. The maximum atomic E-state index is 11.9. The number of hydrogen-bond donors (Lipinski definition) is 3. The third-order valence-electron chi connectivity index (χ3n) is 2.95. The van der Waals surface area contributed by atoms with Crippen LogP contribution in [0, 0.1) is 0 Å². The fourth-order valence-corrected chi connectivity index (χ4v) is 1.97. The Morgan fingerprint density at radius 3 is 2.68 bits per heavy atom. The number of aliphatic hydroxyl groups excluding tert-OH is 1. The van der Waals surface area contributed by atoms with Crippen molar-refractivity contribution < 1.29 is 24.9 Å². The molecule has 0 spiro atoms. The molecule has 5 nitrogen and oxygen atoms in total. The van der Waals surface area contributed by atoms with Gasteiger partial charge in [0.2, 0.25) is 0 Å². The van der Waals surface area contributed by atoms with E-state index in [-0.39, 0.29) is 28.0 Å². The Hall–Kier alpha value is -2.40. The highest BCUT2D eigenvalue weighted by atomic mass is 16.4. The van der Waals surface area contributed by atoms with Crippen LogP contribution in [0.1, 0.15) is 28.9 Å². The molecule has 0 saturated heterocycles. The van der Waals surface area contributed by atoms with Crippen molar-refractivity contribution in [3.05, 3.63) is 52.6 Å². The van der Waals surface area contributed by atoms with Crippen molar-refractivity contribution in [3.8, 4) is 5.75 Å².